The van der Waals surface area contributed by atoms with E-state index < -0.39 is 0 Å². The van der Waals surface area contributed by atoms with Crippen LogP contribution in [0.3, 0.4) is 0 Å². The van der Waals surface area contributed by atoms with Crippen molar-refractivity contribution in [1.82, 2.24) is 15.1 Å². The molecule has 0 aliphatic carbocycles. The molecule has 0 spiro atoms. The zero-order valence-corrected chi connectivity index (χ0v) is 21.6. The number of nitrogens with one attached hydrogen (secondary N) is 1. The van der Waals surface area contributed by atoms with E-state index in [1.54, 1.807) is 7.11 Å². The lowest BCUT2D eigenvalue weighted by molar-refractivity contribution is -0.142. The number of benzene rings is 1. The minimum atomic E-state index is -0.238. The number of piperazine rings is 1. The van der Waals surface area contributed by atoms with E-state index in [4.69, 9.17) is 19.2 Å². The molecule has 32 heavy (non-hydrogen) atoms. The van der Waals surface area contributed by atoms with Crippen molar-refractivity contribution < 1.29 is 19.0 Å². The molecule has 2 aliphatic heterocycles. The first kappa shape index (κ1) is 26.7. The minimum absolute atomic E-state index is 0. The zero-order valence-electron chi connectivity index (χ0n) is 19.3. The maximum absolute atomic E-state index is 12.6. The van der Waals surface area contributed by atoms with Crippen LogP contribution in [-0.2, 0) is 20.8 Å². The highest BCUT2D eigenvalue weighted by Gasteiger charge is 2.30. The Morgan fingerprint density at radius 3 is 2.69 bits per heavy atom. The molecule has 2 aliphatic rings. The minimum Gasteiger partial charge on any atom is -0.493 e. The lowest BCUT2D eigenvalue weighted by Gasteiger charge is -2.37. The van der Waals surface area contributed by atoms with Gasteiger partial charge in [0.15, 0.2) is 5.96 Å². The molecule has 0 aromatic heterocycles. The van der Waals surface area contributed by atoms with Crippen LogP contribution in [0.15, 0.2) is 29.3 Å². The Bertz CT molecular complexity index is 720. The fourth-order valence-electron chi connectivity index (χ4n) is 3.83. The first-order chi connectivity index (χ1) is 15.2. The van der Waals surface area contributed by atoms with Crippen LogP contribution in [-0.4, -0.2) is 87.4 Å². The number of nitrogens with zero attached hydrogens (tertiary/aromatic N) is 3. The van der Waals surface area contributed by atoms with E-state index >= 15 is 0 Å². The Balaban J connectivity index is 0.00000363. The zero-order chi connectivity index (χ0) is 21.9. The molecule has 2 fully saturated rings. The maximum atomic E-state index is 12.6. The van der Waals surface area contributed by atoms with E-state index in [9.17, 15) is 4.79 Å². The van der Waals surface area contributed by atoms with Gasteiger partial charge in [-0.3, -0.25) is 4.79 Å². The van der Waals surface area contributed by atoms with Gasteiger partial charge in [-0.2, -0.15) is 0 Å². The molecule has 0 bridgehead atoms. The first-order valence-corrected chi connectivity index (χ1v) is 11.4. The summed E-state index contributed by atoms with van der Waals surface area (Å²) in [5, 5.41) is 3.39. The van der Waals surface area contributed by atoms with Gasteiger partial charge in [0, 0.05) is 59.5 Å². The summed E-state index contributed by atoms with van der Waals surface area (Å²) in [7, 11) is 1.70. The van der Waals surface area contributed by atoms with Gasteiger partial charge >= 0.3 is 0 Å². The van der Waals surface area contributed by atoms with E-state index in [1.807, 2.05) is 23.1 Å². The number of carbonyl (C=O) groups excluding carboxylic acids is 1. The second-order valence-electron chi connectivity index (χ2n) is 7.83. The van der Waals surface area contributed by atoms with Crippen LogP contribution in [0.25, 0.3) is 0 Å². The summed E-state index contributed by atoms with van der Waals surface area (Å²) in [5.41, 5.74) is 1.10. The molecule has 3 rings (SSSR count). The van der Waals surface area contributed by atoms with Gasteiger partial charge in [-0.05, 0) is 37.5 Å². The predicted molar refractivity (Wildman–Crippen MR) is 136 cm³/mol. The van der Waals surface area contributed by atoms with Crippen molar-refractivity contribution in [2.75, 3.05) is 59.7 Å². The number of halogens is 1. The third-order valence-corrected chi connectivity index (χ3v) is 5.50. The fraction of sp³-hybridized carbons (Fsp3) is 0.652. The number of aliphatic imine (C=N–C) groups is 1. The number of hydrogen-bond acceptors (Lipinski definition) is 5. The van der Waals surface area contributed by atoms with Gasteiger partial charge in [0.2, 0.25) is 0 Å². The Morgan fingerprint density at radius 2 is 2.00 bits per heavy atom. The van der Waals surface area contributed by atoms with Crippen LogP contribution in [0.1, 0.15) is 31.7 Å². The average Bonchev–Trinajstić information content (AvgIpc) is 3.34. The molecule has 1 amide bonds. The molecule has 0 radical (unpaired) electrons. The van der Waals surface area contributed by atoms with Crippen LogP contribution in [0.5, 0.6) is 5.75 Å². The first-order valence-electron chi connectivity index (χ1n) is 11.4. The Hall–Kier alpha value is -1.59. The molecule has 180 valence electrons. The number of amides is 1. The normalized spacial score (nSPS) is 18.9. The summed E-state index contributed by atoms with van der Waals surface area (Å²) in [6.07, 6.45) is 2.45. The van der Waals surface area contributed by atoms with E-state index in [-0.39, 0.29) is 36.0 Å². The largest absolute Gasteiger partial charge is 0.493 e. The van der Waals surface area contributed by atoms with Gasteiger partial charge in [-0.15, -0.1) is 24.0 Å². The summed E-state index contributed by atoms with van der Waals surface area (Å²) < 4.78 is 16.4. The molecule has 0 saturated carbocycles. The molecule has 2 heterocycles. The second-order valence-corrected chi connectivity index (χ2v) is 7.83. The molecule has 1 aromatic rings. The number of rotatable bonds is 9. The Kier molecular flexibility index (Phi) is 12.1. The van der Waals surface area contributed by atoms with E-state index in [0.717, 1.165) is 56.2 Å². The average molecular weight is 560 g/mol. The summed E-state index contributed by atoms with van der Waals surface area (Å²) in [5.74, 6) is 1.88. The summed E-state index contributed by atoms with van der Waals surface area (Å²) in [6, 6.07) is 8.07. The Labute approximate surface area is 208 Å². The van der Waals surface area contributed by atoms with Crippen molar-refractivity contribution in [2.24, 2.45) is 4.99 Å². The molecule has 1 unspecified atom stereocenters. The van der Waals surface area contributed by atoms with Gasteiger partial charge in [-0.25, -0.2) is 4.99 Å². The third kappa shape index (κ3) is 8.08. The fourth-order valence-corrected chi connectivity index (χ4v) is 3.83. The van der Waals surface area contributed by atoms with Gasteiger partial charge in [0.25, 0.3) is 5.91 Å². The standard InChI is InChI=1S/C23H36N4O4.HI/c1-3-24-23(25-18-19-7-4-8-20(17-19)30-16-6-14-29-2)27-12-10-26(11-13-27)22(28)21-9-5-15-31-21;/h4,7-8,17,21H,3,5-6,9-16,18H2,1-2H3,(H,24,25);1H. The van der Waals surface area contributed by atoms with Crippen molar-refractivity contribution in [3.8, 4) is 5.75 Å². The number of methoxy groups -OCH3 is 1. The summed E-state index contributed by atoms with van der Waals surface area (Å²) in [6.45, 7) is 8.43. The lowest BCUT2D eigenvalue weighted by atomic mass is 10.2. The van der Waals surface area contributed by atoms with Crippen LogP contribution >= 0.6 is 24.0 Å². The monoisotopic (exact) mass is 560 g/mol. The molecular formula is C23H37IN4O4. The van der Waals surface area contributed by atoms with Gasteiger partial charge < -0.3 is 29.3 Å². The van der Waals surface area contributed by atoms with Crippen molar-refractivity contribution in [3.63, 3.8) is 0 Å². The van der Waals surface area contributed by atoms with E-state index in [1.165, 1.54) is 0 Å². The Morgan fingerprint density at radius 1 is 1.22 bits per heavy atom. The van der Waals surface area contributed by atoms with E-state index in [2.05, 4.69) is 23.2 Å². The highest BCUT2D eigenvalue weighted by Crippen LogP contribution is 2.17. The topological polar surface area (TPSA) is 75.6 Å². The number of ether oxygens (including phenoxy) is 3. The maximum Gasteiger partial charge on any atom is 0.251 e. The van der Waals surface area contributed by atoms with Crippen molar-refractivity contribution in [3.05, 3.63) is 29.8 Å². The number of guanidine groups is 1. The van der Waals surface area contributed by atoms with Gasteiger partial charge in [-0.1, -0.05) is 12.1 Å². The third-order valence-electron chi connectivity index (χ3n) is 5.50. The van der Waals surface area contributed by atoms with Crippen LogP contribution in [0.4, 0.5) is 0 Å². The van der Waals surface area contributed by atoms with Gasteiger partial charge in [0.1, 0.15) is 11.9 Å². The van der Waals surface area contributed by atoms with Crippen molar-refractivity contribution in [2.45, 2.75) is 38.8 Å². The van der Waals surface area contributed by atoms with Crippen LogP contribution in [0, 0.1) is 0 Å². The van der Waals surface area contributed by atoms with Crippen molar-refractivity contribution in [1.29, 1.82) is 0 Å². The van der Waals surface area contributed by atoms with Crippen molar-refractivity contribution >= 4 is 35.8 Å². The molecule has 1 aromatic carbocycles. The number of hydrogen-bond donors (Lipinski definition) is 1. The second kappa shape index (κ2) is 14.5. The number of carbonyl (C=O) groups is 1. The summed E-state index contributed by atoms with van der Waals surface area (Å²) in [4.78, 5) is 21.6. The predicted octanol–water partition coefficient (Wildman–Crippen LogP) is 2.51. The molecule has 1 N–H and O–H groups in total. The molecule has 9 heteroatoms. The SMILES string of the molecule is CCNC(=NCc1cccc(OCCCOC)c1)N1CCN(C(=O)C2CCCO2)CC1.I. The quantitative estimate of drug-likeness (QED) is 0.217. The van der Waals surface area contributed by atoms with Crippen LogP contribution < -0.4 is 10.1 Å². The summed E-state index contributed by atoms with van der Waals surface area (Å²) >= 11 is 0. The smallest absolute Gasteiger partial charge is 0.251 e. The molecule has 2 saturated heterocycles. The molecular weight excluding hydrogens is 523 g/mol. The molecule has 8 nitrogen and oxygen atoms in total. The highest BCUT2D eigenvalue weighted by atomic mass is 127. The highest BCUT2D eigenvalue weighted by molar-refractivity contribution is 14.0. The van der Waals surface area contributed by atoms with Crippen LogP contribution in [0.2, 0.25) is 0 Å². The lowest BCUT2D eigenvalue weighted by Crippen LogP contribution is -2.55. The van der Waals surface area contributed by atoms with Gasteiger partial charge in [0.05, 0.1) is 13.2 Å². The molecule has 1 atom stereocenters. The van der Waals surface area contributed by atoms with E-state index in [0.29, 0.717) is 39.5 Å².